The average molecular weight is 474 g/mol. The van der Waals surface area contributed by atoms with E-state index in [0.717, 1.165) is 76.0 Å². The first kappa shape index (κ1) is 24.0. The van der Waals surface area contributed by atoms with Gasteiger partial charge in [-0.2, -0.15) is 0 Å². The summed E-state index contributed by atoms with van der Waals surface area (Å²) in [5.41, 5.74) is 1.03. The van der Waals surface area contributed by atoms with Gasteiger partial charge in [0, 0.05) is 50.7 Å². The van der Waals surface area contributed by atoms with Gasteiger partial charge in [-0.3, -0.25) is 14.6 Å². The minimum atomic E-state index is -0.159. The lowest BCUT2D eigenvalue weighted by Crippen LogP contribution is -2.42. The van der Waals surface area contributed by atoms with Crippen molar-refractivity contribution in [3.63, 3.8) is 0 Å². The molecule has 7 nitrogen and oxygen atoms in total. The van der Waals surface area contributed by atoms with Gasteiger partial charge in [0.2, 0.25) is 5.91 Å². The summed E-state index contributed by atoms with van der Waals surface area (Å²) in [5.74, 6) is 1.56. The van der Waals surface area contributed by atoms with Crippen LogP contribution in [0.1, 0.15) is 16.9 Å². The summed E-state index contributed by atoms with van der Waals surface area (Å²) >= 11 is 1.80. The van der Waals surface area contributed by atoms with E-state index in [9.17, 15) is 4.79 Å². The lowest BCUT2D eigenvalue weighted by Gasteiger charge is -2.30. The number of benzene rings is 1. The highest BCUT2D eigenvalue weighted by atomic mass is 32.1. The Morgan fingerprint density at radius 3 is 2.94 bits per heavy atom. The van der Waals surface area contributed by atoms with Crippen molar-refractivity contribution in [3.05, 3.63) is 46.2 Å². The third-order valence-corrected chi connectivity index (χ3v) is 7.15. The number of hydrogen-bond donors (Lipinski definition) is 1. The molecule has 33 heavy (non-hydrogen) atoms. The number of nitrogens with zero attached hydrogens (tertiary/aromatic N) is 2. The summed E-state index contributed by atoms with van der Waals surface area (Å²) in [4.78, 5) is 19.1. The van der Waals surface area contributed by atoms with Crippen LogP contribution in [0.2, 0.25) is 0 Å². The van der Waals surface area contributed by atoms with Crippen molar-refractivity contribution >= 4 is 17.2 Å². The minimum Gasteiger partial charge on any atom is -0.497 e. The van der Waals surface area contributed by atoms with E-state index in [2.05, 4.69) is 32.6 Å². The van der Waals surface area contributed by atoms with E-state index in [1.807, 2.05) is 18.2 Å². The van der Waals surface area contributed by atoms with Crippen LogP contribution >= 0.6 is 11.3 Å². The molecule has 0 saturated carbocycles. The van der Waals surface area contributed by atoms with Crippen LogP contribution in [0.4, 0.5) is 0 Å². The van der Waals surface area contributed by atoms with Crippen molar-refractivity contribution in [2.24, 2.45) is 5.92 Å². The lowest BCUT2D eigenvalue weighted by atomic mass is 9.96. The Morgan fingerprint density at radius 1 is 1.27 bits per heavy atom. The van der Waals surface area contributed by atoms with Crippen molar-refractivity contribution in [3.8, 4) is 11.5 Å². The van der Waals surface area contributed by atoms with E-state index in [4.69, 9.17) is 14.2 Å². The molecule has 8 heteroatoms. The Balaban J connectivity index is 1.21. The second-order valence-corrected chi connectivity index (χ2v) is 9.67. The molecule has 1 amide bonds. The zero-order valence-corrected chi connectivity index (χ0v) is 20.3. The molecule has 0 unspecified atom stereocenters. The molecule has 0 bridgehead atoms. The Bertz CT molecular complexity index is 871. The number of morpholine rings is 1. The predicted octanol–water partition coefficient (Wildman–Crippen LogP) is 2.65. The highest BCUT2D eigenvalue weighted by Crippen LogP contribution is 2.30. The van der Waals surface area contributed by atoms with Gasteiger partial charge < -0.3 is 19.5 Å². The van der Waals surface area contributed by atoms with Crippen LogP contribution in [0.5, 0.6) is 11.5 Å². The van der Waals surface area contributed by atoms with Crippen molar-refractivity contribution in [1.29, 1.82) is 0 Å². The lowest BCUT2D eigenvalue weighted by molar-refractivity contribution is -0.126. The molecule has 1 saturated heterocycles. The van der Waals surface area contributed by atoms with Gasteiger partial charge in [-0.1, -0.05) is 6.07 Å². The number of ether oxygens (including phenoxy) is 3. The van der Waals surface area contributed by atoms with Crippen molar-refractivity contribution in [2.75, 3.05) is 66.2 Å². The van der Waals surface area contributed by atoms with Crippen molar-refractivity contribution in [1.82, 2.24) is 15.1 Å². The summed E-state index contributed by atoms with van der Waals surface area (Å²) < 4.78 is 16.6. The molecule has 2 aromatic rings. The van der Waals surface area contributed by atoms with E-state index >= 15 is 0 Å². The van der Waals surface area contributed by atoms with Gasteiger partial charge in [0.1, 0.15) is 18.1 Å². The van der Waals surface area contributed by atoms with Crippen LogP contribution in [-0.2, 0) is 22.5 Å². The van der Waals surface area contributed by atoms with Gasteiger partial charge in [0.05, 0.1) is 26.2 Å². The number of amides is 1. The first-order valence-corrected chi connectivity index (χ1v) is 12.7. The summed E-state index contributed by atoms with van der Waals surface area (Å²) in [6, 6.07) is 10.1. The normalized spacial score (nSPS) is 18.5. The van der Waals surface area contributed by atoms with Crippen LogP contribution in [-0.4, -0.2) is 81.9 Å². The van der Waals surface area contributed by atoms with Crippen LogP contribution < -0.4 is 14.8 Å². The number of carbonyl (C=O) groups excluding carboxylic acids is 1. The third kappa shape index (κ3) is 7.17. The molecule has 180 valence electrons. The molecule has 1 N–H and O–H groups in total. The number of carbonyl (C=O) groups is 1. The smallest absolute Gasteiger partial charge is 0.226 e. The third-order valence-electron chi connectivity index (χ3n) is 6.29. The fourth-order valence-electron chi connectivity index (χ4n) is 4.33. The van der Waals surface area contributed by atoms with E-state index < -0.39 is 0 Å². The molecule has 4 rings (SSSR count). The van der Waals surface area contributed by atoms with Gasteiger partial charge in [-0.05, 0) is 48.1 Å². The minimum absolute atomic E-state index is 0.0709. The largest absolute Gasteiger partial charge is 0.497 e. The first-order valence-electron chi connectivity index (χ1n) is 11.8. The monoisotopic (exact) mass is 473 g/mol. The van der Waals surface area contributed by atoms with Crippen LogP contribution in [0.25, 0.3) is 0 Å². The maximum atomic E-state index is 12.7. The molecular weight excluding hydrogens is 438 g/mol. The molecule has 1 aromatic heterocycles. The SMILES string of the molecule is COc1ccc2c(c1)C[C@@H](C(=O)NCCCN(CCN1CCOCC1)Cc1cccs1)CO2. The number of methoxy groups -OCH3 is 1. The van der Waals surface area contributed by atoms with Gasteiger partial charge in [-0.25, -0.2) is 0 Å². The van der Waals surface area contributed by atoms with Crippen LogP contribution in [0.15, 0.2) is 35.7 Å². The maximum absolute atomic E-state index is 12.7. The molecule has 0 radical (unpaired) electrons. The summed E-state index contributed by atoms with van der Waals surface area (Å²) in [6.07, 6.45) is 1.61. The van der Waals surface area contributed by atoms with E-state index in [1.165, 1.54) is 4.88 Å². The Hall–Kier alpha value is -2.13. The van der Waals surface area contributed by atoms with Crippen LogP contribution in [0, 0.1) is 5.92 Å². The fraction of sp³-hybridized carbons (Fsp3) is 0.560. The summed E-state index contributed by atoms with van der Waals surface area (Å²) in [6.45, 7) is 8.81. The van der Waals surface area contributed by atoms with E-state index in [-0.39, 0.29) is 11.8 Å². The Kier molecular flexibility index (Phi) is 9.00. The van der Waals surface area contributed by atoms with Gasteiger partial charge in [0.15, 0.2) is 0 Å². The quantitative estimate of drug-likeness (QED) is 0.507. The van der Waals surface area contributed by atoms with Crippen molar-refractivity contribution in [2.45, 2.75) is 19.4 Å². The molecule has 1 atom stereocenters. The van der Waals surface area contributed by atoms with E-state index in [0.29, 0.717) is 19.6 Å². The van der Waals surface area contributed by atoms with Crippen LogP contribution in [0.3, 0.4) is 0 Å². The molecule has 2 aliphatic heterocycles. The predicted molar refractivity (Wildman–Crippen MR) is 130 cm³/mol. The number of fused-ring (bicyclic) bond motifs is 1. The standard InChI is InChI=1S/C25H35N3O4S/c1-30-22-5-6-24-20(17-22)16-21(19-32-24)25(29)26-7-3-8-28(18-23-4-2-15-33-23)10-9-27-11-13-31-14-12-27/h2,4-6,15,17,21H,3,7-14,16,18-19H2,1H3,(H,26,29)/t21-/m1/s1. The second kappa shape index (κ2) is 12.4. The number of hydrogen-bond acceptors (Lipinski definition) is 7. The molecule has 3 heterocycles. The molecule has 1 fully saturated rings. The van der Waals surface area contributed by atoms with E-state index in [1.54, 1.807) is 18.4 Å². The van der Waals surface area contributed by atoms with Gasteiger partial charge in [0.25, 0.3) is 0 Å². The van der Waals surface area contributed by atoms with Gasteiger partial charge in [-0.15, -0.1) is 11.3 Å². The zero-order chi connectivity index (χ0) is 22.9. The Morgan fingerprint density at radius 2 is 2.15 bits per heavy atom. The maximum Gasteiger partial charge on any atom is 0.226 e. The second-order valence-electron chi connectivity index (χ2n) is 8.64. The fourth-order valence-corrected chi connectivity index (χ4v) is 5.07. The van der Waals surface area contributed by atoms with Gasteiger partial charge >= 0.3 is 0 Å². The topological polar surface area (TPSA) is 63.3 Å². The number of rotatable bonds is 11. The Labute approximate surface area is 200 Å². The summed E-state index contributed by atoms with van der Waals surface area (Å²) in [5, 5.41) is 5.26. The molecule has 2 aliphatic rings. The number of thiophene rings is 1. The highest BCUT2D eigenvalue weighted by Gasteiger charge is 2.26. The molecule has 0 aliphatic carbocycles. The average Bonchev–Trinajstić information content (AvgIpc) is 3.37. The highest BCUT2D eigenvalue weighted by molar-refractivity contribution is 7.09. The number of nitrogens with one attached hydrogen (secondary N) is 1. The molecular formula is C25H35N3O4S. The zero-order valence-electron chi connectivity index (χ0n) is 19.5. The molecule has 0 spiro atoms. The molecule has 1 aromatic carbocycles. The first-order chi connectivity index (χ1) is 16.2. The summed E-state index contributed by atoms with van der Waals surface area (Å²) in [7, 11) is 1.65. The van der Waals surface area contributed by atoms with Crippen molar-refractivity contribution < 1.29 is 19.0 Å².